The van der Waals surface area contributed by atoms with Gasteiger partial charge in [0, 0.05) is 0 Å². The van der Waals surface area contributed by atoms with Gasteiger partial charge in [0.1, 0.15) is 0 Å². The number of rotatable bonds is 2. The van der Waals surface area contributed by atoms with Crippen molar-refractivity contribution in [3.63, 3.8) is 0 Å². The summed E-state index contributed by atoms with van der Waals surface area (Å²) in [5, 5.41) is 8.95. The molecule has 0 aromatic heterocycles. The number of hydrogen-bond acceptors (Lipinski definition) is 2. The molecule has 0 radical (unpaired) electrons. The summed E-state index contributed by atoms with van der Waals surface area (Å²) in [7, 11) is 0. The highest BCUT2D eigenvalue weighted by atomic mass is 79.9. The van der Waals surface area contributed by atoms with Gasteiger partial charge in [-0.15, -0.1) is 0 Å². The van der Waals surface area contributed by atoms with Crippen molar-refractivity contribution >= 4 is 15.9 Å². The molecule has 1 N–H and O–H groups in total. The van der Waals surface area contributed by atoms with E-state index in [1.165, 1.54) is 6.07 Å². The second kappa shape index (κ2) is 3.87. The van der Waals surface area contributed by atoms with Gasteiger partial charge < -0.3 is 9.84 Å². The van der Waals surface area contributed by atoms with Gasteiger partial charge in [-0.3, -0.25) is 0 Å². The van der Waals surface area contributed by atoms with E-state index in [9.17, 15) is 13.2 Å². The van der Waals surface area contributed by atoms with Crippen LogP contribution in [0.1, 0.15) is 0 Å². The Morgan fingerprint density at radius 1 is 1.38 bits per heavy atom. The summed E-state index contributed by atoms with van der Waals surface area (Å²) in [4.78, 5) is 0. The smallest absolute Gasteiger partial charge is 0.387 e. The summed E-state index contributed by atoms with van der Waals surface area (Å²) in [6.45, 7) is -3.17. The van der Waals surface area contributed by atoms with Crippen LogP contribution in [0.25, 0.3) is 0 Å². The molecule has 0 amide bonds. The first-order valence-corrected chi connectivity index (χ1v) is 3.93. The molecule has 0 spiro atoms. The second-order valence-corrected chi connectivity index (χ2v) is 2.94. The number of alkyl halides is 2. The second-order valence-electron chi connectivity index (χ2n) is 2.09. The van der Waals surface area contributed by atoms with Crippen molar-refractivity contribution < 1.29 is 23.0 Å². The van der Waals surface area contributed by atoms with Crippen molar-refractivity contribution in [1.82, 2.24) is 0 Å². The standard InChI is InChI=1S/C7H4BrF3O2/c8-3-1-2-4(12)6(5(3)9)13-7(10)11/h1-2,7,12H. The molecule has 72 valence electrons. The molecular formula is C7H4BrF3O2. The predicted molar refractivity (Wildman–Crippen MR) is 42.4 cm³/mol. The number of hydrogen-bond donors (Lipinski definition) is 1. The fourth-order valence-electron chi connectivity index (χ4n) is 0.723. The number of phenols is 1. The zero-order valence-corrected chi connectivity index (χ0v) is 7.69. The van der Waals surface area contributed by atoms with E-state index in [0.29, 0.717) is 0 Å². The minimum Gasteiger partial charge on any atom is -0.504 e. The molecule has 0 bridgehead atoms. The van der Waals surface area contributed by atoms with Gasteiger partial charge in [0.05, 0.1) is 4.47 Å². The molecule has 0 aliphatic heterocycles. The van der Waals surface area contributed by atoms with E-state index in [2.05, 4.69) is 20.7 Å². The number of phenolic OH excluding ortho intramolecular Hbond substituents is 1. The lowest BCUT2D eigenvalue weighted by Gasteiger charge is -2.07. The normalized spacial score (nSPS) is 10.5. The van der Waals surface area contributed by atoms with Crippen molar-refractivity contribution in [2.75, 3.05) is 0 Å². The molecule has 0 saturated carbocycles. The Morgan fingerprint density at radius 2 is 2.00 bits per heavy atom. The predicted octanol–water partition coefficient (Wildman–Crippen LogP) is 2.90. The lowest BCUT2D eigenvalue weighted by Crippen LogP contribution is -2.04. The third-order valence-corrected chi connectivity index (χ3v) is 1.85. The molecule has 0 fully saturated rings. The van der Waals surface area contributed by atoms with Crippen molar-refractivity contribution in [3.05, 3.63) is 22.4 Å². The molecule has 0 atom stereocenters. The summed E-state index contributed by atoms with van der Waals surface area (Å²) < 4.78 is 40.1. The molecule has 6 heteroatoms. The highest BCUT2D eigenvalue weighted by Crippen LogP contribution is 2.34. The maximum absolute atomic E-state index is 13.0. The minimum absolute atomic E-state index is 0.0547. The molecule has 2 nitrogen and oxygen atoms in total. The Hall–Kier alpha value is -0.910. The number of halogens is 4. The SMILES string of the molecule is Oc1ccc(Br)c(F)c1OC(F)F. The van der Waals surface area contributed by atoms with Gasteiger partial charge >= 0.3 is 6.61 Å². The highest BCUT2D eigenvalue weighted by Gasteiger charge is 2.16. The monoisotopic (exact) mass is 256 g/mol. The Morgan fingerprint density at radius 3 is 2.54 bits per heavy atom. The molecule has 0 aliphatic carbocycles. The van der Waals surface area contributed by atoms with E-state index in [-0.39, 0.29) is 4.47 Å². The lowest BCUT2D eigenvalue weighted by atomic mass is 10.3. The topological polar surface area (TPSA) is 29.5 Å². The van der Waals surface area contributed by atoms with Crippen LogP contribution in [0, 0.1) is 5.82 Å². The Bertz CT molecular complexity index is 317. The molecule has 0 saturated heterocycles. The van der Waals surface area contributed by atoms with Gasteiger partial charge in [0.25, 0.3) is 0 Å². The third-order valence-electron chi connectivity index (χ3n) is 1.24. The third kappa shape index (κ3) is 2.27. The molecule has 0 aliphatic rings. The van der Waals surface area contributed by atoms with Crippen LogP contribution in [-0.2, 0) is 0 Å². The Kier molecular flexibility index (Phi) is 3.02. The van der Waals surface area contributed by atoms with Crippen molar-refractivity contribution in [3.8, 4) is 11.5 Å². The summed E-state index contributed by atoms with van der Waals surface area (Å²) >= 11 is 2.76. The van der Waals surface area contributed by atoms with Crippen LogP contribution in [0.3, 0.4) is 0 Å². The summed E-state index contributed by atoms with van der Waals surface area (Å²) in [6, 6.07) is 2.23. The van der Waals surface area contributed by atoms with Crippen molar-refractivity contribution in [2.45, 2.75) is 6.61 Å². The molecule has 1 rings (SSSR count). The Balaban J connectivity index is 3.10. The number of ether oxygens (including phenoxy) is 1. The van der Waals surface area contributed by atoms with Gasteiger partial charge in [-0.2, -0.15) is 8.78 Å². The van der Waals surface area contributed by atoms with E-state index < -0.39 is 23.9 Å². The van der Waals surface area contributed by atoms with E-state index in [1.54, 1.807) is 0 Å². The molecule has 0 unspecified atom stereocenters. The molecule has 1 aromatic carbocycles. The van der Waals surface area contributed by atoms with Crippen LogP contribution in [-0.4, -0.2) is 11.7 Å². The molecule has 0 heterocycles. The number of benzene rings is 1. The van der Waals surface area contributed by atoms with Crippen molar-refractivity contribution in [1.29, 1.82) is 0 Å². The first-order chi connectivity index (χ1) is 6.02. The molecule has 13 heavy (non-hydrogen) atoms. The van der Waals surface area contributed by atoms with E-state index in [0.717, 1.165) is 6.07 Å². The molecule has 1 aromatic rings. The van der Waals surface area contributed by atoms with Crippen molar-refractivity contribution in [2.24, 2.45) is 0 Å². The van der Waals surface area contributed by atoms with Gasteiger partial charge in [0.15, 0.2) is 11.6 Å². The molecular weight excluding hydrogens is 253 g/mol. The first-order valence-electron chi connectivity index (χ1n) is 3.14. The zero-order chi connectivity index (χ0) is 10.0. The van der Waals surface area contributed by atoms with E-state index in [4.69, 9.17) is 5.11 Å². The average Bonchev–Trinajstić information content (AvgIpc) is 2.05. The summed E-state index contributed by atoms with van der Waals surface area (Å²) in [5.74, 6) is -2.58. The maximum Gasteiger partial charge on any atom is 0.387 e. The zero-order valence-electron chi connectivity index (χ0n) is 6.10. The van der Waals surface area contributed by atoms with Gasteiger partial charge in [-0.1, -0.05) is 0 Å². The average molecular weight is 257 g/mol. The van der Waals surface area contributed by atoms with Gasteiger partial charge in [-0.05, 0) is 28.1 Å². The van der Waals surface area contributed by atoms with Crippen LogP contribution in [0.2, 0.25) is 0 Å². The Labute approximate surface area is 80.1 Å². The quantitative estimate of drug-likeness (QED) is 0.882. The lowest BCUT2D eigenvalue weighted by molar-refractivity contribution is -0.0537. The van der Waals surface area contributed by atoms with E-state index >= 15 is 0 Å². The highest BCUT2D eigenvalue weighted by molar-refractivity contribution is 9.10. The van der Waals surface area contributed by atoms with E-state index in [1.807, 2.05) is 0 Å². The largest absolute Gasteiger partial charge is 0.504 e. The van der Waals surface area contributed by atoms with Crippen LogP contribution >= 0.6 is 15.9 Å². The first kappa shape index (κ1) is 10.2. The van der Waals surface area contributed by atoms with Crippen LogP contribution < -0.4 is 4.74 Å². The van der Waals surface area contributed by atoms with Gasteiger partial charge in [-0.25, -0.2) is 4.39 Å². The van der Waals surface area contributed by atoms with Crippen LogP contribution in [0.5, 0.6) is 11.5 Å². The van der Waals surface area contributed by atoms with Gasteiger partial charge in [0.2, 0.25) is 5.75 Å². The van der Waals surface area contributed by atoms with Crippen LogP contribution in [0.15, 0.2) is 16.6 Å². The summed E-state index contributed by atoms with van der Waals surface area (Å²) in [5.41, 5.74) is 0. The summed E-state index contributed by atoms with van der Waals surface area (Å²) in [6.07, 6.45) is 0. The fourth-order valence-corrected chi connectivity index (χ4v) is 1.04. The number of aromatic hydroxyl groups is 1. The van der Waals surface area contributed by atoms with Crippen LogP contribution in [0.4, 0.5) is 13.2 Å². The fraction of sp³-hybridized carbons (Fsp3) is 0.143. The minimum atomic E-state index is -3.17. The maximum atomic E-state index is 13.0.